The maximum atomic E-state index is 12.8. The first-order chi connectivity index (χ1) is 11.3. The first kappa shape index (κ1) is 19.2. The average Bonchev–Trinajstić information content (AvgIpc) is 3.05. The number of carboxylic acid groups (broad SMARTS) is 1. The molecular formula is C14H20N2O5S3. The van der Waals surface area contributed by atoms with Gasteiger partial charge in [-0.05, 0) is 17.9 Å². The molecule has 0 unspecified atom stereocenters. The predicted molar refractivity (Wildman–Crippen MR) is 94.2 cm³/mol. The number of thioether (sulfide) groups is 1. The molecule has 0 atom stereocenters. The number of carboxylic acids is 1. The van der Waals surface area contributed by atoms with Crippen LogP contribution in [0.25, 0.3) is 0 Å². The molecule has 7 nitrogen and oxygen atoms in total. The van der Waals surface area contributed by atoms with Crippen LogP contribution in [-0.2, 0) is 14.8 Å². The Morgan fingerprint density at radius 1 is 1.33 bits per heavy atom. The molecule has 1 aromatic heterocycles. The van der Waals surface area contributed by atoms with Crippen LogP contribution in [0.3, 0.4) is 0 Å². The van der Waals surface area contributed by atoms with Crippen LogP contribution in [0.2, 0.25) is 0 Å². The van der Waals surface area contributed by atoms with E-state index in [0.29, 0.717) is 19.5 Å². The van der Waals surface area contributed by atoms with Gasteiger partial charge in [-0.15, -0.1) is 11.3 Å². The molecule has 1 aromatic rings. The predicted octanol–water partition coefficient (Wildman–Crippen LogP) is 1.42. The minimum Gasteiger partial charge on any atom is -0.481 e. The van der Waals surface area contributed by atoms with Crippen LogP contribution in [0.1, 0.15) is 22.5 Å². The van der Waals surface area contributed by atoms with E-state index in [1.54, 1.807) is 24.2 Å². The number of carbonyl (C=O) groups is 2. The third-order valence-electron chi connectivity index (χ3n) is 3.64. The minimum atomic E-state index is -3.67. The molecule has 0 aliphatic carbocycles. The molecule has 0 saturated carbocycles. The van der Waals surface area contributed by atoms with E-state index in [1.165, 1.54) is 15.3 Å². The molecule has 1 fully saturated rings. The number of aliphatic carboxylic acids is 1. The largest absolute Gasteiger partial charge is 0.481 e. The molecule has 0 bridgehead atoms. The van der Waals surface area contributed by atoms with Gasteiger partial charge in [0, 0.05) is 44.6 Å². The Balaban J connectivity index is 2.13. The van der Waals surface area contributed by atoms with E-state index in [4.69, 9.17) is 5.11 Å². The van der Waals surface area contributed by atoms with Gasteiger partial charge in [0.15, 0.2) is 0 Å². The summed E-state index contributed by atoms with van der Waals surface area (Å²) in [6, 6.07) is 1.47. The van der Waals surface area contributed by atoms with Crippen LogP contribution in [0, 0.1) is 0 Å². The maximum absolute atomic E-state index is 12.8. The Morgan fingerprint density at radius 2 is 2.00 bits per heavy atom. The van der Waals surface area contributed by atoms with Crippen molar-refractivity contribution < 1.29 is 23.1 Å². The maximum Gasteiger partial charge on any atom is 0.303 e. The van der Waals surface area contributed by atoms with Crippen molar-refractivity contribution in [2.45, 2.75) is 17.7 Å². The lowest BCUT2D eigenvalue weighted by Crippen LogP contribution is -2.38. The van der Waals surface area contributed by atoms with Gasteiger partial charge >= 0.3 is 5.97 Å². The molecule has 1 N–H and O–H groups in total. The van der Waals surface area contributed by atoms with Crippen LogP contribution < -0.4 is 0 Å². The fourth-order valence-corrected chi connectivity index (χ4v) is 6.29. The second-order valence-electron chi connectivity index (χ2n) is 5.35. The van der Waals surface area contributed by atoms with Gasteiger partial charge in [0.2, 0.25) is 10.0 Å². The van der Waals surface area contributed by atoms with Crippen LogP contribution in [0.4, 0.5) is 0 Å². The first-order valence-corrected chi connectivity index (χ1v) is 10.9. The molecule has 1 amide bonds. The summed E-state index contributed by atoms with van der Waals surface area (Å²) in [5.74, 6) is 0.197. The SMILES string of the molecule is CN(CCCC(=O)O)C(=O)c1sccc1S(=O)(=O)N1CCSCC1. The number of hydrogen-bond donors (Lipinski definition) is 1. The highest BCUT2D eigenvalue weighted by Crippen LogP contribution is 2.28. The molecule has 24 heavy (non-hydrogen) atoms. The summed E-state index contributed by atoms with van der Waals surface area (Å²) in [6.07, 6.45) is 0.299. The molecule has 0 spiro atoms. The van der Waals surface area contributed by atoms with Gasteiger partial charge in [0.25, 0.3) is 5.91 Å². The quantitative estimate of drug-likeness (QED) is 0.754. The Hall–Kier alpha value is -1.10. The highest BCUT2D eigenvalue weighted by atomic mass is 32.2. The summed E-state index contributed by atoms with van der Waals surface area (Å²) in [7, 11) is -2.12. The smallest absolute Gasteiger partial charge is 0.303 e. The van der Waals surface area contributed by atoms with Crippen LogP contribution in [-0.4, -0.2) is 72.8 Å². The van der Waals surface area contributed by atoms with Gasteiger partial charge in [0.1, 0.15) is 9.77 Å². The van der Waals surface area contributed by atoms with Crippen LogP contribution >= 0.6 is 23.1 Å². The monoisotopic (exact) mass is 392 g/mol. The molecule has 1 aliphatic rings. The zero-order chi connectivity index (χ0) is 17.7. The molecule has 2 heterocycles. The van der Waals surface area contributed by atoms with Gasteiger partial charge in [-0.25, -0.2) is 8.42 Å². The second kappa shape index (κ2) is 8.32. The van der Waals surface area contributed by atoms with Crippen molar-refractivity contribution >= 4 is 45.0 Å². The standard InChI is InChI=1S/C14H20N2O5S3/c1-15(5-2-3-12(17)18)14(19)13-11(4-8-23-13)24(20,21)16-6-9-22-10-7-16/h4,8H,2-3,5-7,9-10H2,1H3,(H,17,18). The number of thiophene rings is 1. The molecule has 0 aromatic carbocycles. The topological polar surface area (TPSA) is 95.0 Å². The van der Waals surface area contributed by atoms with Crippen molar-refractivity contribution in [1.82, 2.24) is 9.21 Å². The van der Waals surface area contributed by atoms with E-state index in [0.717, 1.165) is 22.8 Å². The van der Waals surface area contributed by atoms with Crippen molar-refractivity contribution in [2.24, 2.45) is 0 Å². The lowest BCUT2D eigenvalue weighted by atomic mass is 10.3. The summed E-state index contributed by atoms with van der Waals surface area (Å²) in [5, 5.41) is 10.3. The van der Waals surface area contributed by atoms with Crippen LogP contribution in [0.5, 0.6) is 0 Å². The fraction of sp³-hybridized carbons (Fsp3) is 0.571. The van der Waals surface area contributed by atoms with Gasteiger partial charge < -0.3 is 10.0 Å². The van der Waals surface area contributed by atoms with Gasteiger partial charge in [-0.1, -0.05) is 0 Å². The Morgan fingerprint density at radius 3 is 2.62 bits per heavy atom. The van der Waals surface area contributed by atoms with Gasteiger partial charge in [-0.3, -0.25) is 9.59 Å². The lowest BCUT2D eigenvalue weighted by molar-refractivity contribution is -0.137. The molecule has 1 aliphatic heterocycles. The summed E-state index contributed by atoms with van der Waals surface area (Å²) in [5.41, 5.74) is 0. The Bertz CT molecular complexity index is 695. The average molecular weight is 393 g/mol. The summed E-state index contributed by atoms with van der Waals surface area (Å²) in [6.45, 7) is 1.17. The van der Waals surface area contributed by atoms with E-state index in [9.17, 15) is 18.0 Å². The van der Waals surface area contributed by atoms with E-state index in [1.807, 2.05) is 0 Å². The van der Waals surface area contributed by atoms with E-state index in [-0.39, 0.29) is 28.6 Å². The number of rotatable bonds is 7. The summed E-state index contributed by atoms with van der Waals surface area (Å²) >= 11 is 2.81. The number of carbonyl (C=O) groups excluding carboxylic acids is 1. The summed E-state index contributed by atoms with van der Waals surface area (Å²) in [4.78, 5) is 24.7. The highest BCUT2D eigenvalue weighted by molar-refractivity contribution is 7.99. The first-order valence-electron chi connectivity index (χ1n) is 7.46. The zero-order valence-electron chi connectivity index (χ0n) is 13.3. The number of amides is 1. The van der Waals surface area contributed by atoms with Crippen molar-refractivity contribution in [2.75, 3.05) is 38.2 Å². The molecule has 2 rings (SSSR count). The van der Waals surface area contributed by atoms with Gasteiger partial charge in [-0.2, -0.15) is 16.1 Å². The number of sulfonamides is 1. The third-order valence-corrected chi connectivity index (χ3v) is 7.56. The normalized spacial score (nSPS) is 16.0. The molecule has 1 saturated heterocycles. The zero-order valence-corrected chi connectivity index (χ0v) is 15.8. The highest BCUT2D eigenvalue weighted by Gasteiger charge is 2.31. The molecule has 0 radical (unpaired) electrons. The van der Waals surface area contributed by atoms with E-state index < -0.39 is 16.0 Å². The summed E-state index contributed by atoms with van der Waals surface area (Å²) < 4.78 is 27.0. The number of nitrogens with zero attached hydrogens (tertiary/aromatic N) is 2. The van der Waals surface area contributed by atoms with Crippen molar-refractivity contribution in [3.63, 3.8) is 0 Å². The second-order valence-corrected chi connectivity index (χ2v) is 9.40. The Kier molecular flexibility index (Phi) is 6.67. The minimum absolute atomic E-state index is 0.0291. The lowest BCUT2D eigenvalue weighted by Gasteiger charge is -2.26. The molecule has 134 valence electrons. The van der Waals surface area contributed by atoms with Crippen molar-refractivity contribution in [1.29, 1.82) is 0 Å². The molecule has 10 heteroatoms. The fourth-order valence-electron chi connectivity index (χ4n) is 2.32. The van der Waals surface area contributed by atoms with Crippen LogP contribution in [0.15, 0.2) is 16.3 Å². The third kappa shape index (κ3) is 4.50. The van der Waals surface area contributed by atoms with E-state index >= 15 is 0 Å². The van der Waals surface area contributed by atoms with Gasteiger partial charge in [0.05, 0.1) is 0 Å². The van der Waals surface area contributed by atoms with Crippen molar-refractivity contribution in [3.05, 3.63) is 16.3 Å². The number of hydrogen-bond acceptors (Lipinski definition) is 6. The Labute approximate surface area is 149 Å². The van der Waals surface area contributed by atoms with Crippen molar-refractivity contribution in [3.8, 4) is 0 Å². The molecular weight excluding hydrogens is 372 g/mol. The van der Waals surface area contributed by atoms with E-state index in [2.05, 4.69) is 0 Å².